The second-order valence-corrected chi connectivity index (χ2v) is 3.53. The molecule has 1 aromatic heterocycles. The van der Waals surface area contributed by atoms with E-state index in [2.05, 4.69) is 14.9 Å². The van der Waals surface area contributed by atoms with Crippen LogP contribution in [0, 0.1) is 5.92 Å². The van der Waals surface area contributed by atoms with Crippen LogP contribution < -0.4 is 0 Å². The number of oxime groups is 1. The van der Waals surface area contributed by atoms with Gasteiger partial charge in [0, 0.05) is 18.0 Å². The number of ether oxygens (including phenoxy) is 1. The van der Waals surface area contributed by atoms with Crippen molar-refractivity contribution in [2.45, 2.75) is 13.8 Å². The first-order chi connectivity index (χ1) is 8.61. The summed E-state index contributed by atoms with van der Waals surface area (Å²) in [6, 6.07) is 3.17. The predicted molar refractivity (Wildman–Crippen MR) is 63.4 cm³/mol. The topological polar surface area (TPSA) is 88.9 Å². The Morgan fingerprint density at radius 3 is 2.56 bits per heavy atom. The molecule has 6 nitrogen and oxygen atoms in total. The quantitative estimate of drug-likeness (QED) is 0.277. The fraction of sp³-hybridized carbons (Fsp3) is 0.333. The number of nitrogens with zero attached hydrogens (tertiary/aromatic N) is 2. The molecule has 1 aromatic rings. The Morgan fingerprint density at radius 2 is 2.06 bits per heavy atom. The average molecular weight is 250 g/mol. The smallest absolute Gasteiger partial charge is 0.375 e. The summed E-state index contributed by atoms with van der Waals surface area (Å²) in [6.45, 7) is 3.21. The highest BCUT2D eigenvalue weighted by Crippen LogP contribution is 2.11. The van der Waals surface area contributed by atoms with Gasteiger partial charge in [0.15, 0.2) is 0 Å². The molecule has 1 unspecified atom stereocenters. The molecule has 0 bridgehead atoms. The van der Waals surface area contributed by atoms with E-state index in [0.717, 1.165) is 0 Å². The van der Waals surface area contributed by atoms with Gasteiger partial charge in [-0.25, -0.2) is 4.79 Å². The monoisotopic (exact) mass is 250 g/mol. The molecule has 0 amide bonds. The van der Waals surface area contributed by atoms with Gasteiger partial charge in [0.25, 0.3) is 0 Å². The minimum absolute atomic E-state index is 0.107. The minimum Gasteiger partial charge on any atom is -0.460 e. The summed E-state index contributed by atoms with van der Waals surface area (Å²) in [5.41, 5.74) is 0.633. The number of hydrogen-bond acceptors (Lipinski definition) is 6. The van der Waals surface area contributed by atoms with E-state index in [1.54, 1.807) is 19.1 Å². The molecule has 1 atom stereocenters. The van der Waals surface area contributed by atoms with Gasteiger partial charge in [0.2, 0.25) is 5.78 Å². The van der Waals surface area contributed by atoms with E-state index in [-0.39, 0.29) is 12.3 Å². The summed E-state index contributed by atoms with van der Waals surface area (Å²) in [5.74, 6) is -2.56. The van der Waals surface area contributed by atoms with Crippen molar-refractivity contribution in [3.05, 3.63) is 30.1 Å². The number of carbonyl (C=O) groups is 2. The Morgan fingerprint density at radius 1 is 1.44 bits per heavy atom. The molecular weight excluding hydrogens is 236 g/mol. The van der Waals surface area contributed by atoms with Gasteiger partial charge in [-0.15, -0.1) is 0 Å². The molecule has 0 aliphatic carbocycles. The number of hydrogen-bond donors (Lipinski definition) is 1. The Kier molecular flexibility index (Phi) is 4.98. The normalized spacial score (nSPS) is 12.9. The van der Waals surface area contributed by atoms with Gasteiger partial charge in [-0.1, -0.05) is 5.16 Å². The number of aromatic nitrogens is 1. The zero-order valence-corrected chi connectivity index (χ0v) is 10.2. The molecule has 0 saturated heterocycles. The molecule has 0 aromatic carbocycles. The summed E-state index contributed by atoms with van der Waals surface area (Å²) < 4.78 is 4.62. The maximum absolute atomic E-state index is 11.7. The van der Waals surface area contributed by atoms with Crippen LogP contribution in [0.25, 0.3) is 0 Å². The second kappa shape index (κ2) is 6.48. The van der Waals surface area contributed by atoms with Gasteiger partial charge in [0.05, 0.1) is 18.2 Å². The molecular formula is C12H14N2O4. The summed E-state index contributed by atoms with van der Waals surface area (Å²) >= 11 is 0. The predicted octanol–water partition coefficient (Wildman–Crippen LogP) is 1.03. The highest BCUT2D eigenvalue weighted by Gasteiger charge is 2.28. The van der Waals surface area contributed by atoms with Crippen molar-refractivity contribution in [2.24, 2.45) is 11.1 Å². The number of esters is 1. The molecule has 0 radical (unpaired) electrons. The lowest BCUT2D eigenvalue weighted by molar-refractivity contribution is -0.154. The maximum atomic E-state index is 11.7. The lowest BCUT2D eigenvalue weighted by Crippen LogP contribution is -2.30. The molecule has 18 heavy (non-hydrogen) atoms. The van der Waals surface area contributed by atoms with E-state index >= 15 is 0 Å². The fourth-order valence-electron chi connectivity index (χ4n) is 1.42. The van der Waals surface area contributed by atoms with E-state index in [4.69, 9.17) is 5.21 Å². The van der Waals surface area contributed by atoms with Crippen molar-refractivity contribution in [1.82, 2.24) is 4.98 Å². The number of carbonyl (C=O) groups excluding carboxylic acids is 2. The molecule has 0 aliphatic rings. The van der Waals surface area contributed by atoms with Crippen LogP contribution in [0.15, 0.2) is 29.7 Å². The van der Waals surface area contributed by atoms with Gasteiger partial charge in [-0.3, -0.25) is 9.78 Å². The van der Waals surface area contributed by atoms with Crippen molar-refractivity contribution in [2.75, 3.05) is 6.61 Å². The summed E-state index contributed by atoms with van der Waals surface area (Å²) in [5, 5.41) is 12.1. The van der Waals surface area contributed by atoms with Crippen LogP contribution in [-0.4, -0.2) is 34.3 Å². The largest absolute Gasteiger partial charge is 0.460 e. The third-order valence-corrected chi connectivity index (χ3v) is 2.36. The Hall–Kier alpha value is -2.24. The lowest BCUT2D eigenvalue weighted by Gasteiger charge is -2.11. The summed E-state index contributed by atoms with van der Waals surface area (Å²) in [7, 11) is 0. The van der Waals surface area contributed by atoms with Crippen LogP contribution >= 0.6 is 0 Å². The number of pyridine rings is 1. The first kappa shape index (κ1) is 13.8. The highest BCUT2D eigenvalue weighted by molar-refractivity contribution is 6.39. The second-order valence-electron chi connectivity index (χ2n) is 3.53. The number of ketones is 1. The SMILES string of the molecule is CCOC(=O)C(=O)C(C)/C(=N/O)c1ccncc1. The highest BCUT2D eigenvalue weighted by atomic mass is 16.5. The molecule has 1 N–H and O–H groups in total. The fourth-order valence-corrected chi connectivity index (χ4v) is 1.42. The van der Waals surface area contributed by atoms with Crippen LogP contribution in [0.1, 0.15) is 19.4 Å². The van der Waals surface area contributed by atoms with Crippen molar-refractivity contribution in [3.8, 4) is 0 Å². The molecule has 1 rings (SSSR count). The molecule has 0 aliphatic heterocycles. The van der Waals surface area contributed by atoms with E-state index < -0.39 is 17.7 Å². The average Bonchev–Trinajstić information content (AvgIpc) is 2.40. The van der Waals surface area contributed by atoms with Gasteiger partial charge in [-0.2, -0.15) is 0 Å². The van der Waals surface area contributed by atoms with Crippen LogP contribution in [0.5, 0.6) is 0 Å². The Labute approximate surface area is 104 Å². The Bertz CT molecular complexity index is 456. The van der Waals surface area contributed by atoms with Gasteiger partial charge < -0.3 is 9.94 Å². The third-order valence-electron chi connectivity index (χ3n) is 2.36. The standard InChI is InChI=1S/C12H14N2O4/c1-3-18-12(16)11(15)8(2)10(14-17)9-4-6-13-7-5-9/h4-8,17H,3H2,1-2H3/b14-10-. The first-order valence-corrected chi connectivity index (χ1v) is 5.45. The number of Topliss-reactive ketones (excluding diaryl/α,β-unsaturated/α-hetero) is 1. The van der Waals surface area contributed by atoms with E-state index in [0.29, 0.717) is 5.56 Å². The van der Waals surface area contributed by atoms with Crippen molar-refractivity contribution in [1.29, 1.82) is 0 Å². The summed E-state index contributed by atoms with van der Waals surface area (Å²) in [4.78, 5) is 26.9. The molecule has 96 valence electrons. The Balaban J connectivity index is 2.91. The molecule has 1 heterocycles. The van der Waals surface area contributed by atoms with Crippen LogP contribution in [0.3, 0.4) is 0 Å². The van der Waals surface area contributed by atoms with E-state index in [1.807, 2.05) is 0 Å². The summed E-state index contributed by atoms with van der Waals surface area (Å²) in [6.07, 6.45) is 3.00. The van der Waals surface area contributed by atoms with Gasteiger partial charge in [0.1, 0.15) is 0 Å². The molecule has 0 spiro atoms. The first-order valence-electron chi connectivity index (χ1n) is 5.45. The third kappa shape index (κ3) is 3.13. The molecule has 6 heteroatoms. The zero-order chi connectivity index (χ0) is 13.5. The van der Waals surface area contributed by atoms with E-state index in [1.165, 1.54) is 19.3 Å². The number of rotatable bonds is 5. The minimum atomic E-state index is -0.930. The van der Waals surface area contributed by atoms with Crippen molar-refractivity contribution in [3.63, 3.8) is 0 Å². The molecule has 0 fully saturated rings. The maximum Gasteiger partial charge on any atom is 0.375 e. The van der Waals surface area contributed by atoms with Crippen molar-refractivity contribution >= 4 is 17.5 Å². The van der Waals surface area contributed by atoms with Crippen LogP contribution in [0.4, 0.5) is 0 Å². The van der Waals surface area contributed by atoms with Crippen LogP contribution in [0.2, 0.25) is 0 Å². The van der Waals surface area contributed by atoms with E-state index in [9.17, 15) is 9.59 Å². The molecule has 0 saturated carbocycles. The zero-order valence-electron chi connectivity index (χ0n) is 10.2. The van der Waals surface area contributed by atoms with Crippen molar-refractivity contribution < 1.29 is 19.5 Å². The van der Waals surface area contributed by atoms with Gasteiger partial charge >= 0.3 is 5.97 Å². The lowest BCUT2D eigenvalue weighted by atomic mass is 9.95. The van der Waals surface area contributed by atoms with Crippen LogP contribution in [-0.2, 0) is 14.3 Å². The van der Waals surface area contributed by atoms with Gasteiger partial charge in [-0.05, 0) is 26.0 Å².